The lowest BCUT2D eigenvalue weighted by atomic mass is 10.0. The van der Waals surface area contributed by atoms with Gasteiger partial charge in [-0.1, -0.05) is 53.2 Å². The van der Waals surface area contributed by atoms with Crippen LogP contribution in [0, 0.1) is 0 Å². The van der Waals surface area contributed by atoms with Crippen molar-refractivity contribution in [3.63, 3.8) is 0 Å². The minimum absolute atomic E-state index is 0.0631. The molecular weight excluding hydrogens is 336 g/mol. The van der Waals surface area contributed by atoms with E-state index in [9.17, 15) is 5.11 Å². The van der Waals surface area contributed by atoms with E-state index in [1.54, 1.807) is 6.07 Å². The Morgan fingerprint density at radius 3 is 1.96 bits per heavy atom. The molecule has 0 saturated carbocycles. The molecule has 2 aromatic rings. The number of hydrogen-bond donors (Lipinski definition) is 3. The second-order valence-electron chi connectivity index (χ2n) is 5.76. The zero-order valence-electron chi connectivity index (χ0n) is 17.8. The Morgan fingerprint density at radius 1 is 0.815 bits per heavy atom. The maximum atomic E-state index is 9.33. The van der Waals surface area contributed by atoms with Crippen molar-refractivity contribution in [2.24, 2.45) is 0 Å². The van der Waals surface area contributed by atoms with Crippen LogP contribution in [0.25, 0.3) is 0 Å². The third-order valence-corrected chi connectivity index (χ3v) is 4.06. The number of aryl methyl sites for hydroxylation is 3. The summed E-state index contributed by atoms with van der Waals surface area (Å²) in [6.07, 6.45) is 6.01. The molecule has 0 aliphatic carbocycles. The van der Waals surface area contributed by atoms with E-state index in [4.69, 9.17) is 11.5 Å². The lowest BCUT2D eigenvalue weighted by Crippen LogP contribution is -2.02. The minimum Gasteiger partial charge on any atom is -0.390 e. The third kappa shape index (κ3) is 8.87. The van der Waals surface area contributed by atoms with Crippen molar-refractivity contribution in [1.82, 2.24) is 9.97 Å². The molecule has 5 heteroatoms. The highest BCUT2D eigenvalue weighted by atomic mass is 16.3. The Morgan fingerprint density at radius 2 is 1.41 bits per heavy atom. The van der Waals surface area contributed by atoms with Gasteiger partial charge in [-0.05, 0) is 55.4 Å². The molecule has 2 rings (SSSR count). The lowest BCUT2D eigenvalue weighted by molar-refractivity contribution is 0.275. The van der Waals surface area contributed by atoms with Crippen molar-refractivity contribution in [3.05, 3.63) is 46.8 Å². The number of aromatic nitrogens is 2. The predicted molar refractivity (Wildman–Crippen MR) is 117 cm³/mol. The van der Waals surface area contributed by atoms with Crippen LogP contribution in [-0.4, -0.2) is 15.1 Å². The highest BCUT2D eigenvalue weighted by Gasteiger charge is 2.05. The van der Waals surface area contributed by atoms with Gasteiger partial charge < -0.3 is 16.6 Å². The van der Waals surface area contributed by atoms with E-state index < -0.39 is 0 Å². The fourth-order valence-electron chi connectivity index (χ4n) is 2.67. The van der Waals surface area contributed by atoms with Gasteiger partial charge in [0.25, 0.3) is 0 Å². The molecule has 0 aliphatic rings. The van der Waals surface area contributed by atoms with Gasteiger partial charge in [-0.25, -0.2) is 9.97 Å². The maximum Gasteiger partial charge on any atom is 0.126 e. The van der Waals surface area contributed by atoms with Crippen LogP contribution in [-0.2, 0) is 25.9 Å². The number of nitrogens with zero attached hydrogens (tertiary/aromatic N) is 2. The van der Waals surface area contributed by atoms with Gasteiger partial charge >= 0.3 is 0 Å². The number of nitrogens with two attached hydrogens (primary N) is 2. The molecule has 152 valence electrons. The molecule has 0 saturated heterocycles. The predicted octanol–water partition coefficient (Wildman–Crippen LogP) is 4.70. The molecule has 0 aromatic carbocycles. The van der Waals surface area contributed by atoms with Crippen molar-refractivity contribution in [1.29, 1.82) is 0 Å². The first-order valence-electron chi connectivity index (χ1n) is 10.2. The number of aliphatic hydroxyl groups is 1. The van der Waals surface area contributed by atoms with Gasteiger partial charge in [0, 0.05) is 5.69 Å². The van der Waals surface area contributed by atoms with Gasteiger partial charge in [-0.15, -0.1) is 0 Å². The number of nitrogen functional groups attached to an aromatic ring is 2. The first-order chi connectivity index (χ1) is 13.1. The second-order valence-corrected chi connectivity index (χ2v) is 5.76. The van der Waals surface area contributed by atoms with Crippen molar-refractivity contribution < 1.29 is 5.11 Å². The van der Waals surface area contributed by atoms with E-state index >= 15 is 0 Å². The van der Waals surface area contributed by atoms with Gasteiger partial charge in [-0.3, -0.25) is 0 Å². The van der Waals surface area contributed by atoms with Crippen LogP contribution in [0.4, 0.5) is 11.6 Å². The summed E-state index contributed by atoms with van der Waals surface area (Å²) < 4.78 is 0. The van der Waals surface area contributed by atoms with E-state index in [-0.39, 0.29) is 6.61 Å². The summed E-state index contributed by atoms with van der Waals surface area (Å²) in [6.45, 7) is 10.0. The molecule has 0 bridgehead atoms. The quantitative estimate of drug-likeness (QED) is 0.582. The molecule has 5 N–H and O–H groups in total. The lowest BCUT2D eigenvalue weighted by Gasteiger charge is -2.08. The SMILES string of the molecule is CC.CC.CCc1ccc(CCCCCc2ccc(N)nc2CO)c(N)n1. The molecule has 0 spiro atoms. The van der Waals surface area contributed by atoms with Crippen LogP contribution < -0.4 is 11.5 Å². The van der Waals surface area contributed by atoms with Gasteiger partial charge in [-0.2, -0.15) is 0 Å². The summed E-state index contributed by atoms with van der Waals surface area (Å²) in [4.78, 5) is 8.57. The van der Waals surface area contributed by atoms with E-state index in [1.807, 2.05) is 33.8 Å². The van der Waals surface area contributed by atoms with Gasteiger partial charge in [0.05, 0.1) is 12.3 Å². The molecule has 0 amide bonds. The average molecular weight is 375 g/mol. The number of anilines is 2. The van der Waals surface area contributed by atoms with Crippen LogP contribution in [0.5, 0.6) is 0 Å². The molecule has 0 aliphatic heterocycles. The highest BCUT2D eigenvalue weighted by Crippen LogP contribution is 2.16. The number of aliphatic hydroxyl groups excluding tert-OH is 1. The molecule has 2 aromatic heterocycles. The summed E-state index contributed by atoms with van der Waals surface area (Å²) in [5, 5.41) is 9.33. The molecule has 5 nitrogen and oxygen atoms in total. The van der Waals surface area contributed by atoms with Crippen molar-refractivity contribution in [2.75, 3.05) is 11.5 Å². The van der Waals surface area contributed by atoms with E-state index in [0.717, 1.165) is 55.3 Å². The van der Waals surface area contributed by atoms with Crippen LogP contribution in [0.15, 0.2) is 24.3 Å². The van der Waals surface area contributed by atoms with Crippen LogP contribution in [0.3, 0.4) is 0 Å². The van der Waals surface area contributed by atoms with Gasteiger partial charge in [0.15, 0.2) is 0 Å². The number of rotatable bonds is 8. The first kappa shape index (κ1) is 24.9. The van der Waals surface area contributed by atoms with E-state index in [2.05, 4.69) is 29.0 Å². The fourth-order valence-corrected chi connectivity index (χ4v) is 2.67. The van der Waals surface area contributed by atoms with Gasteiger partial charge in [0.2, 0.25) is 0 Å². The third-order valence-electron chi connectivity index (χ3n) is 4.06. The summed E-state index contributed by atoms with van der Waals surface area (Å²) in [5.41, 5.74) is 15.6. The van der Waals surface area contributed by atoms with Crippen molar-refractivity contribution in [2.45, 2.75) is 79.8 Å². The fraction of sp³-hybridized carbons (Fsp3) is 0.545. The van der Waals surface area contributed by atoms with Crippen LogP contribution >= 0.6 is 0 Å². The molecule has 2 heterocycles. The Kier molecular flexibility index (Phi) is 13.8. The molecule has 0 atom stereocenters. The summed E-state index contributed by atoms with van der Waals surface area (Å²) in [6, 6.07) is 7.89. The zero-order chi connectivity index (χ0) is 20.7. The molecule has 0 radical (unpaired) electrons. The van der Waals surface area contributed by atoms with Crippen LogP contribution in [0.2, 0.25) is 0 Å². The normalized spacial score (nSPS) is 9.70. The molecule has 27 heavy (non-hydrogen) atoms. The second kappa shape index (κ2) is 15.0. The van der Waals surface area contributed by atoms with Crippen LogP contribution in [0.1, 0.15) is 76.4 Å². The Balaban J connectivity index is 0.00000158. The monoisotopic (exact) mass is 374 g/mol. The maximum absolute atomic E-state index is 9.33. The molecular formula is C22H38N4O. The van der Waals surface area contributed by atoms with Gasteiger partial charge in [0.1, 0.15) is 11.6 Å². The minimum atomic E-state index is -0.0631. The van der Waals surface area contributed by atoms with Crippen molar-refractivity contribution in [3.8, 4) is 0 Å². The Labute approximate surface area is 165 Å². The molecule has 0 unspecified atom stereocenters. The summed E-state index contributed by atoms with van der Waals surface area (Å²) >= 11 is 0. The Hall–Kier alpha value is -2.14. The number of unbranched alkanes of at least 4 members (excludes halogenated alkanes) is 2. The number of hydrogen-bond acceptors (Lipinski definition) is 5. The topological polar surface area (TPSA) is 98.0 Å². The Bertz CT molecular complexity index is 644. The van der Waals surface area contributed by atoms with E-state index in [0.29, 0.717) is 17.3 Å². The smallest absolute Gasteiger partial charge is 0.126 e. The molecule has 0 fully saturated rings. The van der Waals surface area contributed by atoms with Crippen molar-refractivity contribution >= 4 is 11.6 Å². The summed E-state index contributed by atoms with van der Waals surface area (Å²) in [7, 11) is 0. The summed E-state index contributed by atoms with van der Waals surface area (Å²) in [5.74, 6) is 1.12. The standard InChI is InChI=1S/C18H26N4O.2C2H6/c1-2-15-10-8-14(18(20)21-15)7-5-3-4-6-13-9-11-17(19)22-16(13)12-23;2*1-2/h8-11,23H,2-7,12H2,1H3,(H2,19,22)(H2,20,21);2*1-2H3. The largest absolute Gasteiger partial charge is 0.390 e. The first-order valence-corrected chi connectivity index (χ1v) is 10.2. The zero-order valence-corrected chi connectivity index (χ0v) is 17.8. The van der Waals surface area contributed by atoms with E-state index in [1.165, 1.54) is 0 Å². The highest BCUT2D eigenvalue weighted by molar-refractivity contribution is 5.40. The average Bonchev–Trinajstić information content (AvgIpc) is 2.72. The number of pyridine rings is 2.